The monoisotopic (exact) mass is 1090 g/mol. The molecule has 12 rings (SSSR count). The van der Waals surface area contributed by atoms with E-state index in [1.54, 1.807) is 114 Å². The molecule has 0 amide bonds. The molecule has 6 aliphatic rings. The van der Waals surface area contributed by atoms with Crippen molar-refractivity contribution >= 4 is 74.6 Å². The lowest BCUT2D eigenvalue weighted by molar-refractivity contribution is -0.122. The number of rotatable bonds is 0. The molecule has 0 aromatic heterocycles. The number of ketones is 6. The molecule has 6 aromatic rings. The Morgan fingerprint density at radius 3 is 1.02 bits per heavy atom. The second-order valence-corrected chi connectivity index (χ2v) is 18.4. The summed E-state index contributed by atoms with van der Waals surface area (Å²) in [5.74, 6) is 0.296. The fourth-order valence-electron chi connectivity index (χ4n) is 9.13. The van der Waals surface area contributed by atoms with Gasteiger partial charge in [0.2, 0.25) is 0 Å². The second-order valence-electron chi connectivity index (χ2n) is 18.4. The molecule has 0 N–H and O–H groups in total. The Morgan fingerprint density at radius 1 is 0.350 bits per heavy atom. The summed E-state index contributed by atoms with van der Waals surface area (Å²) in [7, 11) is 16.2. The van der Waals surface area contributed by atoms with Crippen molar-refractivity contribution in [1.82, 2.24) is 0 Å². The maximum absolute atomic E-state index is 11.9. The lowest BCUT2D eigenvalue weighted by Gasteiger charge is -2.10. The molecule has 0 fully saturated rings. The van der Waals surface area contributed by atoms with Crippen molar-refractivity contribution in [3.05, 3.63) is 186 Å². The summed E-state index contributed by atoms with van der Waals surface area (Å²) in [5, 5.41) is 2.90. The molecule has 422 valence electrons. The van der Waals surface area contributed by atoms with Gasteiger partial charge in [0.25, 0.3) is 0 Å². The summed E-state index contributed by atoms with van der Waals surface area (Å²) < 4.78 is 26.5. The molecule has 0 unspecified atom stereocenters. The first-order chi connectivity index (χ1) is 38.4. The summed E-state index contributed by atoms with van der Waals surface area (Å²) in [4.78, 5) is 102. The van der Waals surface area contributed by atoms with Crippen molar-refractivity contribution in [3.63, 3.8) is 0 Å². The van der Waals surface area contributed by atoms with E-state index in [0.29, 0.717) is 33.2 Å². The molecule has 0 saturated carbocycles. The highest BCUT2D eigenvalue weighted by Gasteiger charge is 2.33. The predicted molar refractivity (Wildman–Crippen MR) is 312 cm³/mol. The smallest absolute Gasteiger partial charge is 0.344 e. The Balaban J connectivity index is 0.000000250. The third-order valence-corrected chi connectivity index (χ3v) is 12.3. The SMILES string of the molecule is C=C1OC(=O)c2ccccc2-c2ccccc21.C=c1c(=O)c2cccc3cccc(c1=O)c32.COC.COC.COC.COC.COC.O=C1CC(=O)C2=C1CCC2.O=C1CC(=O)C2=C1CCCC2.O=C1CC(=O)c2ccccc21. The van der Waals surface area contributed by atoms with E-state index in [-0.39, 0.29) is 76.0 Å². The van der Waals surface area contributed by atoms with Crippen LogP contribution < -0.4 is 16.1 Å². The quantitative estimate of drug-likeness (QED) is 0.102. The largest absolute Gasteiger partial charge is 0.423 e. The minimum absolute atomic E-state index is 0.0504. The lowest BCUT2D eigenvalue weighted by atomic mass is 9.93. The normalized spacial score (nSPS) is 14.7. The van der Waals surface area contributed by atoms with Crippen LogP contribution in [0.5, 0.6) is 0 Å². The van der Waals surface area contributed by atoms with Gasteiger partial charge in [-0.25, -0.2) is 4.79 Å². The van der Waals surface area contributed by atoms with E-state index < -0.39 is 0 Å². The number of hydrogen-bond acceptors (Lipinski definition) is 15. The average Bonchev–Trinajstić information content (AvgIpc) is 4.27. The van der Waals surface area contributed by atoms with Gasteiger partial charge in [-0.05, 0) is 67.5 Å². The molecular formula is C65H72O15. The van der Waals surface area contributed by atoms with Crippen LogP contribution in [0.15, 0.2) is 148 Å². The van der Waals surface area contributed by atoms with Crippen LogP contribution in [0.2, 0.25) is 0 Å². The third kappa shape index (κ3) is 17.5. The molecule has 0 spiro atoms. The first-order valence-electron chi connectivity index (χ1n) is 25.5. The molecule has 5 aliphatic carbocycles. The molecule has 0 radical (unpaired) electrons. The van der Waals surface area contributed by atoms with Gasteiger partial charge in [-0.2, -0.15) is 0 Å². The topological polar surface area (TPSA) is 209 Å². The summed E-state index contributed by atoms with van der Waals surface area (Å²) in [6.07, 6.45) is 6.92. The molecule has 15 heteroatoms. The van der Waals surface area contributed by atoms with Crippen molar-refractivity contribution in [2.24, 2.45) is 0 Å². The van der Waals surface area contributed by atoms with Crippen LogP contribution in [0.4, 0.5) is 0 Å². The number of fused-ring (bicyclic) bond motifs is 4. The number of ether oxygens (including phenoxy) is 6. The number of allylic oxidation sites excluding steroid dienone is 4. The zero-order valence-electron chi connectivity index (χ0n) is 47.5. The third-order valence-electron chi connectivity index (χ3n) is 12.3. The highest BCUT2D eigenvalue weighted by Crippen LogP contribution is 2.36. The van der Waals surface area contributed by atoms with Crippen molar-refractivity contribution in [1.29, 1.82) is 0 Å². The van der Waals surface area contributed by atoms with Gasteiger partial charge in [0.05, 0.1) is 30.0 Å². The molecule has 15 nitrogen and oxygen atoms in total. The lowest BCUT2D eigenvalue weighted by Crippen LogP contribution is -2.37. The van der Waals surface area contributed by atoms with Gasteiger partial charge in [-0.15, -0.1) is 0 Å². The van der Waals surface area contributed by atoms with E-state index in [4.69, 9.17) is 4.74 Å². The van der Waals surface area contributed by atoms with Gasteiger partial charge in [0, 0.05) is 126 Å². The Kier molecular flexibility index (Phi) is 28.2. The molecule has 0 atom stereocenters. The highest BCUT2D eigenvalue weighted by atomic mass is 16.5. The van der Waals surface area contributed by atoms with Gasteiger partial charge < -0.3 is 28.4 Å². The van der Waals surface area contributed by atoms with Crippen LogP contribution in [-0.2, 0) is 47.6 Å². The highest BCUT2D eigenvalue weighted by molar-refractivity contribution is 6.24. The fraction of sp³-hybridized carbons (Fsp3) is 0.308. The Bertz CT molecular complexity index is 3190. The number of Topliss-reactive ketones (excluding diaryl/α,β-unsaturated/α-hetero) is 6. The van der Waals surface area contributed by atoms with Crippen molar-refractivity contribution in [2.75, 3.05) is 71.1 Å². The number of carbonyl (C=O) groups is 7. The Hall–Kier alpha value is -8.05. The summed E-state index contributed by atoms with van der Waals surface area (Å²) in [6.45, 7) is 7.37. The van der Waals surface area contributed by atoms with Gasteiger partial charge in [-0.1, -0.05) is 116 Å². The van der Waals surface area contributed by atoms with Gasteiger partial charge in [0.1, 0.15) is 5.76 Å². The van der Waals surface area contributed by atoms with Crippen LogP contribution in [0.25, 0.3) is 45.0 Å². The van der Waals surface area contributed by atoms with Crippen molar-refractivity contribution in [2.45, 2.75) is 64.2 Å². The van der Waals surface area contributed by atoms with E-state index in [9.17, 15) is 43.2 Å². The molecular weight excluding hydrogens is 1020 g/mol. The van der Waals surface area contributed by atoms with Crippen molar-refractivity contribution in [3.8, 4) is 11.1 Å². The maximum atomic E-state index is 11.9. The molecule has 1 heterocycles. The minimum Gasteiger partial charge on any atom is -0.423 e. The Morgan fingerprint density at radius 2 is 0.650 bits per heavy atom. The maximum Gasteiger partial charge on any atom is 0.344 e. The van der Waals surface area contributed by atoms with Crippen LogP contribution in [0.1, 0.15) is 101 Å². The zero-order valence-corrected chi connectivity index (χ0v) is 47.5. The van der Waals surface area contributed by atoms with E-state index in [2.05, 4.69) is 36.8 Å². The Labute approximate surface area is 467 Å². The van der Waals surface area contributed by atoms with Crippen LogP contribution >= 0.6 is 0 Å². The van der Waals surface area contributed by atoms with E-state index in [1.165, 1.54) is 0 Å². The van der Waals surface area contributed by atoms with E-state index in [0.717, 1.165) is 94.7 Å². The number of cyclic esters (lactones) is 1. The standard InChI is InChI=1S/C15H10O2.C14H8O2.C9H10O2.C9H6O2.C8H8O2.5C2H6O/c1-10-11-6-2-3-7-12(11)13-8-4-5-9-14(13)15(16)17-10;1-8-13(15)10-6-2-4-9-5-3-7-11(12(9)10)14(8)16;2*10-8-5-9(11)7-4-2-1-3-6(7)8;9-7-4-8(10)6-3-1-2-5(6)7;5*1-3-2/h2-9H,1H2;2-7H,1H2;1-5H2;1-4H,5H2;1-4H2;5*1-2H3. The predicted octanol–water partition coefficient (Wildman–Crippen LogP) is 9.95. The van der Waals surface area contributed by atoms with Gasteiger partial charge in [0.15, 0.2) is 45.6 Å². The first-order valence-corrected chi connectivity index (χ1v) is 25.5. The number of carbonyl (C=O) groups excluding carboxylic acids is 7. The van der Waals surface area contributed by atoms with Crippen LogP contribution in [0, 0.1) is 0 Å². The molecule has 0 saturated heterocycles. The number of methoxy groups -OCH3 is 5. The van der Waals surface area contributed by atoms with Gasteiger partial charge >= 0.3 is 5.97 Å². The minimum atomic E-state index is -0.346. The fourth-order valence-corrected chi connectivity index (χ4v) is 9.13. The van der Waals surface area contributed by atoms with Crippen LogP contribution in [-0.4, -0.2) is 112 Å². The summed E-state index contributed by atoms with van der Waals surface area (Å²) in [6, 6.07) is 33.0. The molecule has 80 heavy (non-hydrogen) atoms. The van der Waals surface area contributed by atoms with Crippen molar-refractivity contribution < 1.29 is 62.0 Å². The average molecular weight is 1090 g/mol. The zero-order chi connectivity index (χ0) is 59.5. The van der Waals surface area contributed by atoms with Gasteiger partial charge in [-0.3, -0.25) is 38.4 Å². The molecule has 1 aliphatic heterocycles. The number of esters is 1. The van der Waals surface area contributed by atoms with E-state index >= 15 is 0 Å². The first kappa shape index (κ1) is 66.2. The molecule has 0 bridgehead atoms. The summed E-state index contributed by atoms with van der Waals surface area (Å²) in [5.41, 5.74) is 7.35. The number of benzene rings is 6. The molecule has 6 aromatic carbocycles. The second kappa shape index (κ2) is 34.1. The van der Waals surface area contributed by atoms with Crippen LogP contribution in [0.3, 0.4) is 0 Å². The summed E-state index contributed by atoms with van der Waals surface area (Å²) >= 11 is 0. The number of hydrogen-bond donors (Lipinski definition) is 0. The van der Waals surface area contributed by atoms with E-state index in [1.807, 2.05) is 66.7 Å².